The van der Waals surface area contributed by atoms with E-state index in [4.69, 9.17) is 10.7 Å². The minimum absolute atomic E-state index is 1.14. The highest BCUT2D eigenvalue weighted by atomic mass is 35.7. The van der Waals surface area contributed by atoms with Crippen molar-refractivity contribution in [2.45, 2.75) is 12.8 Å². The summed E-state index contributed by atoms with van der Waals surface area (Å²) in [6.07, 6.45) is 8.66. The van der Waals surface area contributed by atoms with Crippen LogP contribution in [0.15, 0.2) is 23.1 Å². The summed E-state index contributed by atoms with van der Waals surface area (Å²) in [5.74, 6) is 0. The highest BCUT2D eigenvalue weighted by molar-refractivity contribution is 8.24. The van der Waals surface area contributed by atoms with Crippen molar-refractivity contribution in [3.63, 3.8) is 0 Å². The summed E-state index contributed by atoms with van der Waals surface area (Å²) >= 11 is 0. The fraction of sp³-hybridized carbons (Fsp3) is 0.333. The average Bonchev–Trinajstić information content (AvgIpc) is 1.90. The monoisotopic (exact) mass is 146 g/mol. The van der Waals surface area contributed by atoms with Crippen LogP contribution in [-0.4, -0.2) is 0 Å². The van der Waals surface area contributed by atoms with E-state index >= 15 is 0 Å². The molecule has 1 aliphatic rings. The summed E-state index contributed by atoms with van der Waals surface area (Å²) in [4.78, 5) is 1.18. The molecule has 8 heavy (non-hydrogen) atoms. The van der Waals surface area contributed by atoms with E-state index in [1.807, 2.05) is 0 Å². The summed E-state index contributed by atoms with van der Waals surface area (Å²) < 4.78 is 0. The number of hydrogen-bond acceptors (Lipinski definition) is 1. The summed E-state index contributed by atoms with van der Waals surface area (Å²) in [5.41, 5.74) is 0. The molecule has 44 valence electrons. The Bertz CT molecular complexity index is 126. The molecule has 0 heterocycles. The van der Waals surface area contributed by atoms with Gasteiger partial charge in [-0.1, -0.05) is 18.2 Å². The average molecular weight is 147 g/mol. The van der Waals surface area contributed by atoms with Gasteiger partial charge in [-0.25, -0.2) is 0 Å². The van der Waals surface area contributed by atoms with Crippen LogP contribution in [0.4, 0.5) is 0 Å². The third-order valence-corrected chi connectivity index (χ3v) is 2.07. The van der Waals surface area contributed by atoms with Gasteiger partial charge in [0.1, 0.15) is 0 Å². The minimum atomic E-state index is 1.14. The zero-order valence-corrected chi connectivity index (χ0v) is 6.00. The molecule has 0 aromatic rings. The molecular formula is C6H7ClS. The molecule has 0 radical (unpaired) electrons. The maximum Gasteiger partial charge on any atom is 0.0190 e. The molecule has 1 rings (SSSR count). The first kappa shape index (κ1) is 6.24. The molecule has 0 aliphatic heterocycles. The van der Waals surface area contributed by atoms with E-state index in [1.54, 1.807) is 0 Å². The molecule has 2 heteroatoms. The Kier molecular flexibility index (Phi) is 2.50. The van der Waals surface area contributed by atoms with Gasteiger partial charge in [-0.15, -0.1) is 0 Å². The Balaban J connectivity index is 2.51. The Morgan fingerprint density at radius 2 is 2.38 bits per heavy atom. The summed E-state index contributed by atoms with van der Waals surface area (Å²) in [6.45, 7) is 0. The Morgan fingerprint density at radius 1 is 1.50 bits per heavy atom. The van der Waals surface area contributed by atoms with Crippen LogP contribution < -0.4 is 0 Å². The lowest BCUT2D eigenvalue weighted by Crippen LogP contribution is -1.75. The maximum atomic E-state index is 5.48. The second-order valence-corrected chi connectivity index (χ2v) is 2.75. The predicted molar refractivity (Wildman–Crippen MR) is 39.9 cm³/mol. The lowest BCUT2D eigenvalue weighted by Gasteiger charge is -1.98. The van der Waals surface area contributed by atoms with E-state index in [2.05, 4.69) is 18.2 Å². The third kappa shape index (κ3) is 1.57. The smallest absolute Gasteiger partial charge is 0.0190 e. The second-order valence-electron chi connectivity index (χ2n) is 1.66. The van der Waals surface area contributed by atoms with Gasteiger partial charge < -0.3 is 0 Å². The predicted octanol–water partition coefficient (Wildman–Crippen LogP) is 3.11. The summed E-state index contributed by atoms with van der Waals surface area (Å²) in [5, 5.41) is 0. The maximum absolute atomic E-state index is 5.48. The molecule has 0 spiro atoms. The van der Waals surface area contributed by atoms with Crippen LogP contribution in [0.1, 0.15) is 12.8 Å². The SMILES string of the molecule is ClSC1=CCCC=C1. The fourth-order valence-electron chi connectivity index (χ4n) is 0.647. The largest absolute Gasteiger partial charge is 0.0831 e. The lowest BCUT2D eigenvalue weighted by molar-refractivity contribution is 1.03. The molecule has 0 aromatic heterocycles. The van der Waals surface area contributed by atoms with Crippen LogP contribution in [0.2, 0.25) is 0 Å². The van der Waals surface area contributed by atoms with Crippen LogP contribution in [0.3, 0.4) is 0 Å². The second kappa shape index (κ2) is 3.21. The number of rotatable bonds is 1. The van der Waals surface area contributed by atoms with Crippen molar-refractivity contribution in [3.05, 3.63) is 23.1 Å². The standard InChI is InChI=1S/C6H7ClS/c7-8-6-4-2-1-3-5-6/h2,4-5H,1,3H2. The lowest BCUT2D eigenvalue weighted by atomic mass is 10.2. The molecule has 1 aliphatic carbocycles. The minimum Gasteiger partial charge on any atom is -0.0831 e. The topological polar surface area (TPSA) is 0 Å². The zero-order chi connectivity index (χ0) is 5.82. The van der Waals surface area contributed by atoms with E-state index in [0.717, 1.165) is 6.42 Å². The van der Waals surface area contributed by atoms with Gasteiger partial charge in [0.05, 0.1) is 0 Å². The highest BCUT2D eigenvalue weighted by Crippen LogP contribution is 2.24. The first-order chi connectivity index (χ1) is 3.93. The Hall–Kier alpha value is 0.120. The Morgan fingerprint density at radius 3 is 2.75 bits per heavy atom. The van der Waals surface area contributed by atoms with Gasteiger partial charge in [-0.2, -0.15) is 0 Å². The van der Waals surface area contributed by atoms with Gasteiger partial charge in [0, 0.05) is 4.91 Å². The van der Waals surface area contributed by atoms with Crippen LogP contribution in [0.25, 0.3) is 0 Å². The fourth-order valence-corrected chi connectivity index (χ4v) is 1.32. The van der Waals surface area contributed by atoms with Crippen LogP contribution in [-0.2, 0) is 0 Å². The van der Waals surface area contributed by atoms with Gasteiger partial charge in [0.2, 0.25) is 0 Å². The van der Waals surface area contributed by atoms with Crippen LogP contribution in [0.5, 0.6) is 0 Å². The molecule has 0 fully saturated rings. The molecule has 0 bridgehead atoms. The van der Waals surface area contributed by atoms with Crippen molar-refractivity contribution in [1.29, 1.82) is 0 Å². The number of hydrogen-bond donors (Lipinski definition) is 0. The van der Waals surface area contributed by atoms with E-state index in [0.29, 0.717) is 0 Å². The molecule has 0 atom stereocenters. The Labute approximate surface area is 58.1 Å². The molecule has 0 saturated heterocycles. The quantitative estimate of drug-likeness (QED) is 0.548. The van der Waals surface area contributed by atoms with Crippen molar-refractivity contribution in [3.8, 4) is 0 Å². The van der Waals surface area contributed by atoms with Crippen molar-refractivity contribution >= 4 is 21.7 Å². The summed E-state index contributed by atoms with van der Waals surface area (Å²) in [7, 11) is 6.77. The van der Waals surface area contributed by atoms with E-state index in [1.165, 1.54) is 22.3 Å². The molecular weight excluding hydrogens is 140 g/mol. The van der Waals surface area contributed by atoms with Crippen molar-refractivity contribution in [1.82, 2.24) is 0 Å². The van der Waals surface area contributed by atoms with Crippen LogP contribution >= 0.6 is 21.7 Å². The zero-order valence-electron chi connectivity index (χ0n) is 4.43. The third-order valence-electron chi connectivity index (χ3n) is 1.05. The van der Waals surface area contributed by atoms with Gasteiger partial charge in [0.25, 0.3) is 0 Å². The van der Waals surface area contributed by atoms with Crippen molar-refractivity contribution < 1.29 is 0 Å². The van der Waals surface area contributed by atoms with E-state index in [-0.39, 0.29) is 0 Å². The molecule has 0 amide bonds. The van der Waals surface area contributed by atoms with Gasteiger partial charge >= 0.3 is 0 Å². The van der Waals surface area contributed by atoms with E-state index in [9.17, 15) is 0 Å². The number of allylic oxidation sites excluding steroid dienone is 3. The molecule has 0 N–H and O–H groups in total. The molecule has 0 unspecified atom stereocenters. The van der Waals surface area contributed by atoms with Crippen molar-refractivity contribution in [2.24, 2.45) is 0 Å². The molecule has 0 aromatic carbocycles. The van der Waals surface area contributed by atoms with Crippen LogP contribution in [0, 0.1) is 0 Å². The molecule has 0 nitrogen and oxygen atoms in total. The first-order valence-corrected chi connectivity index (χ1v) is 4.23. The normalized spacial score (nSPS) is 18.4. The first-order valence-electron chi connectivity index (χ1n) is 2.59. The van der Waals surface area contributed by atoms with Gasteiger partial charge in [-0.05, 0) is 34.5 Å². The van der Waals surface area contributed by atoms with E-state index < -0.39 is 0 Å². The number of halogens is 1. The highest BCUT2D eigenvalue weighted by Gasteiger charge is 1.93. The molecule has 0 saturated carbocycles. The van der Waals surface area contributed by atoms with Crippen molar-refractivity contribution in [2.75, 3.05) is 0 Å². The van der Waals surface area contributed by atoms with Gasteiger partial charge in [0.15, 0.2) is 0 Å². The summed E-state index contributed by atoms with van der Waals surface area (Å²) in [6, 6.07) is 0. The van der Waals surface area contributed by atoms with Gasteiger partial charge in [-0.3, -0.25) is 0 Å².